The molecule has 1 heterocycles. The first-order chi connectivity index (χ1) is 17.0. The maximum Gasteiger partial charge on any atom is 0.234 e. The Hall–Kier alpha value is -2.66. The second-order valence-electron chi connectivity index (χ2n) is 11.7. The van der Waals surface area contributed by atoms with Crippen molar-refractivity contribution in [2.75, 3.05) is 11.9 Å². The third kappa shape index (κ3) is 5.02. The first kappa shape index (κ1) is 22.8. The summed E-state index contributed by atoms with van der Waals surface area (Å²) in [6.45, 7) is 1.82. The van der Waals surface area contributed by atoms with Crippen LogP contribution in [0.1, 0.15) is 74.0 Å². The van der Waals surface area contributed by atoms with E-state index in [1.807, 2.05) is 24.3 Å². The maximum absolute atomic E-state index is 12.2. The van der Waals surface area contributed by atoms with Crippen LogP contribution in [0.2, 0.25) is 0 Å². The molecule has 4 bridgehead atoms. The van der Waals surface area contributed by atoms with Crippen molar-refractivity contribution >= 4 is 17.5 Å². The van der Waals surface area contributed by atoms with E-state index in [0.717, 1.165) is 48.5 Å². The molecule has 35 heavy (non-hydrogen) atoms. The van der Waals surface area contributed by atoms with E-state index in [0.29, 0.717) is 18.4 Å². The molecule has 2 aromatic rings. The molecule has 2 amide bonds. The zero-order valence-electron chi connectivity index (χ0n) is 20.5. The molecule has 7 rings (SSSR count). The number of imide groups is 1. The highest BCUT2D eigenvalue weighted by atomic mass is 16.2. The molecule has 5 aliphatic rings. The zero-order valence-corrected chi connectivity index (χ0v) is 20.5. The summed E-state index contributed by atoms with van der Waals surface area (Å²) in [4.78, 5) is 23.6. The van der Waals surface area contributed by atoms with Crippen LogP contribution in [0, 0.1) is 17.8 Å². The quantitative estimate of drug-likeness (QED) is 0.478. The highest BCUT2D eigenvalue weighted by Crippen LogP contribution is 2.55. The lowest BCUT2D eigenvalue weighted by molar-refractivity contribution is -0.134. The third-order valence-electron chi connectivity index (χ3n) is 9.00. The minimum atomic E-state index is -0.249. The predicted octanol–water partition coefficient (Wildman–Crippen LogP) is 4.92. The fourth-order valence-corrected chi connectivity index (χ4v) is 7.70. The second kappa shape index (κ2) is 9.42. The Labute approximate surface area is 208 Å². The number of anilines is 1. The molecule has 0 spiro atoms. The van der Waals surface area contributed by atoms with Crippen LogP contribution in [0.15, 0.2) is 48.5 Å². The molecule has 5 heteroatoms. The number of amides is 2. The van der Waals surface area contributed by atoms with E-state index in [1.165, 1.54) is 49.7 Å². The largest absolute Gasteiger partial charge is 0.381 e. The van der Waals surface area contributed by atoms with Crippen molar-refractivity contribution in [2.24, 2.45) is 17.8 Å². The molecule has 5 nitrogen and oxygen atoms in total. The standard InChI is InChI=1S/C30H37N3O2/c34-28-9-8-27(29(35)33-28)25-2-1-3-26(15-25)31-19-21-6-4-20(5-7-21)10-11-32-30-16-22-12-23(17-30)14-24(13-22)18-30/h1-7,15,22-24,27,31-32H,8-14,16-19H2,(H,33,34,35). The van der Waals surface area contributed by atoms with Crippen molar-refractivity contribution in [1.29, 1.82) is 0 Å². The molecule has 1 atom stereocenters. The smallest absolute Gasteiger partial charge is 0.234 e. The SMILES string of the molecule is O=C1CCC(c2cccc(NCc3ccc(CCNC45CC6CC(CC(C6)C4)C5)cc3)c2)C(=O)N1. The van der Waals surface area contributed by atoms with Gasteiger partial charge in [-0.25, -0.2) is 0 Å². The van der Waals surface area contributed by atoms with Crippen molar-refractivity contribution in [3.8, 4) is 0 Å². The average molecular weight is 472 g/mol. The van der Waals surface area contributed by atoms with Gasteiger partial charge in [0.15, 0.2) is 0 Å². The van der Waals surface area contributed by atoms with Gasteiger partial charge >= 0.3 is 0 Å². The van der Waals surface area contributed by atoms with Crippen molar-refractivity contribution in [3.63, 3.8) is 0 Å². The Kier molecular flexibility index (Phi) is 6.13. The summed E-state index contributed by atoms with van der Waals surface area (Å²) in [6.07, 6.45) is 10.8. The van der Waals surface area contributed by atoms with E-state index in [-0.39, 0.29) is 17.7 Å². The topological polar surface area (TPSA) is 70.2 Å². The van der Waals surface area contributed by atoms with Gasteiger partial charge in [0.1, 0.15) is 0 Å². The van der Waals surface area contributed by atoms with Gasteiger partial charge in [-0.05, 0) is 104 Å². The Morgan fingerprint density at radius 2 is 1.57 bits per heavy atom. The van der Waals surface area contributed by atoms with Crippen LogP contribution in [-0.2, 0) is 22.6 Å². The third-order valence-corrected chi connectivity index (χ3v) is 9.00. The average Bonchev–Trinajstić information content (AvgIpc) is 2.83. The minimum Gasteiger partial charge on any atom is -0.381 e. The maximum atomic E-state index is 12.2. The molecule has 4 aliphatic carbocycles. The van der Waals surface area contributed by atoms with Crippen molar-refractivity contribution < 1.29 is 9.59 Å². The van der Waals surface area contributed by atoms with Gasteiger partial charge in [-0.15, -0.1) is 0 Å². The van der Waals surface area contributed by atoms with E-state index >= 15 is 0 Å². The summed E-state index contributed by atoms with van der Waals surface area (Å²) in [5, 5.41) is 9.96. The second-order valence-corrected chi connectivity index (χ2v) is 11.7. The molecule has 1 saturated heterocycles. The fraction of sp³-hybridized carbons (Fsp3) is 0.533. The van der Waals surface area contributed by atoms with Gasteiger partial charge < -0.3 is 10.6 Å². The lowest BCUT2D eigenvalue weighted by Gasteiger charge is -2.57. The van der Waals surface area contributed by atoms with E-state index in [1.54, 1.807) is 0 Å². The molecule has 5 fully saturated rings. The van der Waals surface area contributed by atoms with E-state index in [4.69, 9.17) is 0 Å². The number of piperidine rings is 1. The fourth-order valence-electron chi connectivity index (χ4n) is 7.70. The zero-order chi connectivity index (χ0) is 23.8. The Morgan fingerprint density at radius 3 is 2.26 bits per heavy atom. The van der Waals surface area contributed by atoms with Crippen LogP contribution in [0.3, 0.4) is 0 Å². The predicted molar refractivity (Wildman–Crippen MR) is 138 cm³/mol. The summed E-state index contributed by atoms with van der Waals surface area (Å²) >= 11 is 0. The van der Waals surface area contributed by atoms with Crippen LogP contribution >= 0.6 is 0 Å². The molecule has 2 aromatic carbocycles. The van der Waals surface area contributed by atoms with Gasteiger partial charge in [0.2, 0.25) is 11.8 Å². The van der Waals surface area contributed by atoms with Gasteiger partial charge in [0.05, 0.1) is 5.92 Å². The highest BCUT2D eigenvalue weighted by Gasteiger charge is 2.50. The summed E-state index contributed by atoms with van der Waals surface area (Å²) in [6, 6.07) is 17.0. The molecule has 3 N–H and O–H groups in total. The normalized spacial score (nSPS) is 31.4. The molecule has 0 radical (unpaired) electrons. The van der Waals surface area contributed by atoms with E-state index < -0.39 is 0 Å². The first-order valence-corrected chi connectivity index (χ1v) is 13.5. The van der Waals surface area contributed by atoms with Crippen LogP contribution in [0.5, 0.6) is 0 Å². The van der Waals surface area contributed by atoms with E-state index in [2.05, 4.69) is 40.2 Å². The molecule has 1 unspecified atom stereocenters. The Morgan fingerprint density at radius 1 is 0.886 bits per heavy atom. The lowest BCUT2D eigenvalue weighted by atomic mass is 9.53. The molecular formula is C30H37N3O2. The minimum absolute atomic E-state index is 0.174. The van der Waals surface area contributed by atoms with Crippen molar-refractivity contribution in [1.82, 2.24) is 10.6 Å². The number of carbonyl (C=O) groups is 2. The van der Waals surface area contributed by atoms with Crippen LogP contribution in [0.25, 0.3) is 0 Å². The molecule has 1 aliphatic heterocycles. The number of hydrogen-bond acceptors (Lipinski definition) is 4. The van der Waals surface area contributed by atoms with Crippen LogP contribution in [-0.4, -0.2) is 23.9 Å². The summed E-state index contributed by atoms with van der Waals surface area (Å²) in [7, 11) is 0. The number of rotatable bonds is 8. The number of hydrogen-bond donors (Lipinski definition) is 3. The molecule has 184 valence electrons. The van der Waals surface area contributed by atoms with Crippen molar-refractivity contribution in [2.45, 2.75) is 75.8 Å². The number of carbonyl (C=O) groups excluding carboxylic acids is 2. The van der Waals surface area contributed by atoms with Crippen molar-refractivity contribution in [3.05, 3.63) is 65.2 Å². The van der Waals surface area contributed by atoms with Gasteiger partial charge in [-0.2, -0.15) is 0 Å². The van der Waals surface area contributed by atoms with E-state index in [9.17, 15) is 9.59 Å². The molecule has 0 aromatic heterocycles. The summed E-state index contributed by atoms with van der Waals surface area (Å²) in [5.74, 6) is 2.36. The molecular weight excluding hydrogens is 434 g/mol. The van der Waals surface area contributed by atoms with Gasteiger partial charge in [-0.3, -0.25) is 14.9 Å². The Balaban J connectivity index is 0.993. The molecule has 4 saturated carbocycles. The summed E-state index contributed by atoms with van der Waals surface area (Å²) < 4.78 is 0. The lowest BCUT2D eigenvalue weighted by Crippen LogP contribution is -2.58. The van der Waals surface area contributed by atoms with Gasteiger partial charge in [0.25, 0.3) is 0 Å². The van der Waals surface area contributed by atoms with Gasteiger partial charge in [-0.1, -0.05) is 36.4 Å². The first-order valence-electron chi connectivity index (χ1n) is 13.5. The Bertz CT molecular complexity index is 1060. The van der Waals surface area contributed by atoms with Crippen LogP contribution < -0.4 is 16.0 Å². The van der Waals surface area contributed by atoms with Crippen LogP contribution in [0.4, 0.5) is 5.69 Å². The monoisotopic (exact) mass is 471 g/mol. The van der Waals surface area contributed by atoms with Gasteiger partial charge in [0, 0.05) is 24.2 Å². The number of benzene rings is 2. The number of nitrogens with one attached hydrogen (secondary N) is 3. The highest BCUT2D eigenvalue weighted by molar-refractivity contribution is 6.01. The summed E-state index contributed by atoms with van der Waals surface area (Å²) in [5.41, 5.74) is 5.04.